The van der Waals surface area contributed by atoms with Crippen molar-refractivity contribution in [1.29, 1.82) is 0 Å². The van der Waals surface area contributed by atoms with Crippen LogP contribution in [0.3, 0.4) is 0 Å². The second kappa shape index (κ2) is 5.67. The Morgan fingerprint density at radius 3 is 2.50 bits per heavy atom. The molecule has 18 heavy (non-hydrogen) atoms. The Balaban J connectivity index is 2.09. The summed E-state index contributed by atoms with van der Waals surface area (Å²) in [6.45, 7) is 0.0566. The zero-order valence-corrected chi connectivity index (χ0v) is 11.4. The summed E-state index contributed by atoms with van der Waals surface area (Å²) in [7, 11) is 0. The molecular weight excluding hydrogens is 325 g/mol. The lowest BCUT2D eigenvalue weighted by Crippen LogP contribution is -1.98. The molecule has 2 aromatic carbocycles. The van der Waals surface area contributed by atoms with E-state index in [0.29, 0.717) is 15.8 Å². The molecule has 1 nitrogen and oxygen atoms in total. The van der Waals surface area contributed by atoms with Gasteiger partial charge in [0.2, 0.25) is 0 Å². The van der Waals surface area contributed by atoms with Gasteiger partial charge in [0.1, 0.15) is 24.0 Å². The van der Waals surface area contributed by atoms with Crippen molar-refractivity contribution in [2.45, 2.75) is 6.61 Å². The van der Waals surface area contributed by atoms with Crippen LogP contribution in [-0.2, 0) is 6.61 Å². The van der Waals surface area contributed by atoms with Gasteiger partial charge in [-0.05, 0) is 24.3 Å². The number of hydrogen-bond donors (Lipinski definition) is 0. The van der Waals surface area contributed by atoms with Crippen LogP contribution in [-0.4, -0.2) is 0 Å². The molecule has 0 unspecified atom stereocenters. The number of ether oxygens (including phenoxy) is 1. The minimum atomic E-state index is -0.515. The van der Waals surface area contributed by atoms with Crippen LogP contribution in [0.15, 0.2) is 40.9 Å². The first kappa shape index (κ1) is 13.3. The molecule has 0 bridgehead atoms. The van der Waals surface area contributed by atoms with Gasteiger partial charge in [0.15, 0.2) is 0 Å². The molecule has 0 heterocycles. The van der Waals surface area contributed by atoms with Crippen LogP contribution in [0, 0.1) is 11.6 Å². The summed E-state index contributed by atoms with van der Waals surface area (Å²) in [6.07, 6.45) is 0. The van der Waals surface area contributed by atoms with Crippen molar-refractivity contribution < 1.29 is 13.5 Å². The van der Waals surface area contributed by atoms with Gasteiger partial charge in [-0.25, -0.2) is 8.78 Å². The highest BCUT2D eigenvalue weighted by Crippen LogP contribution is 2.23. The van der Waals surface area contributed by atoms with Gasteiger partial charge in [0.05, 0.1) is 5.02 Å². The van der Waals surface area contributed by atoms with Gasteiger partial charge in [0, 0.05) is 16.1 Å². The Bertz CT molecular complexity index is 575. The first-order chi connectivity index (χ1) is 8.56. The molecule has 0 saturated heterocycles. The lowest BCUT2D eigenvalue weighted by molar-refractivity contribution is 0.299. The van der Waals surface area contributed by atoms with Crippen LogP contribution in [0.25, 0.3) is 0 Å². The average Bonchev–Trinajstić information content (AvgIpc) is 2.32. The van der Waals surface area contributed by atoms with Crippen molar-refractivity contribution in [3.8, 4) is 5.75 Å². The number of halogens is 4. The van der Waals surface area contributed by atoms with E-state index in [4.69, 9.17) is 16.3 Å². The molecule has 0 radical (unpaired) electrons. The molecule has 0 aliphatic heterocycles. The first-order valence-electron chi connectivity index (χ1n) is 5.08. The summed E-state index contributed by atoms with van der Waals surface area (Å²) in [5.41, 5.74) is 0.415. The molecule has 0 atom stereocenters. The maximum atomic E-state index is 13.5. The molecule has 0 fully saturated rings. The van der Waals surface area contributed by atoms with Crippen LogP contribution in [0.4, 0.5) is 8.78 Å². The fourth-order valence-corrected chi connectivity index (χ4v) is 1.87. The van der Waals surface area contributed by atoms with Crippen molar-refractivity contribution in [3.05, 3.63) is 63.1 Å². The molecule has 0 N–H and O–H groups in total. The molecule has 0 saturated carbocycles. The Morgan fingerprint density at radius 2 is 1.83 bits per heavy atom. The van der Waals surface area contributed by atoms with E-state index in [9.17, 15) is 8.78 Å². The molecule has 0 aliphatic carbocycles. The largest absolute Gasteiger partial charge is 0.489 e. The quantitative estimate of drug-likeness (QED) is 0.771. The molecule has 94 valence electrons. The smallest absolute Gasteiger partial charge is 0.142 e. The molecule has 0 spiro atoms. The van der Waals surface area contributed by atoms with E-state index in [0.717, 1.165) is 0 Å². The molecule has 2 aromatic rings. The van der Waals surface area contributed by atoms with Crippen molar-refractivity contribution in [3.63, 3.8) is 0 Å². The fraction of sp³-hybridized carbons (Fsp3) is 0.0769. The van der Waals surface area contributed by atoms with E-state index in [1.54, 1.807) is 12.1 Å². The van der Waals surface area contributed by atoms with E-state index in [1.165, 1.54) is 24.3 Å². The standard InChI is InChI=1S/C13H8BrClF2O/c14-9-2-1-8(13(17)5-9)7-18-10-3-4-12(16)11(15)6-10/h1-6H,7H2. The third kappa shape index (κ3) is 3.21. The van der Waals surface area contributed by atoms with E-state index < -0.39 is 5.82 Å². The molecule has 5 heteroatoms. The van der Waals surface area contributed by atoms with Gasteiger partial charge in [-0.15, -0.1) is 0 Å². The van der Waals surface area contributed by atoms with Crippen LogP contribution >= 0.6 is 27.5 Å². The SMILES string of the molecule is Fc1ccc(OCc2ccc(Br)cc2F)cc1Cl. The highest BCUT2D eigenvalue weighted by atomic mass is 79.9. The molecule has 0 aromatic heterocycles. The first-order valence-corrected chi connectivity index (χ1v) is 6.25. The second-order valence-corrected chi connectivity index (χ2v) is 4.92. The Labute approximate surface area is 116 Å². The topological polar surface area (TPSA) is 9.23 Å². The third-order valence-electron chi connectivity index (χ3n) is 2.30. The Hall–Kier alpha value is -1.13. The molecular formula is C13H8BrClF2O. The highest BCUT2D eigenvalue weighted by Gasteiger charge is 2.05. The van der Waals surface area contributed by atoms with Crippen LogP contribution in [0.2, 0.25) is 5.02 Å². The van der Waals surface area contributed by atoms with Gasteiger partial charge in [0.25, 0.3) is 0 Å². The van der Waals surface area contributed by atoms with Gasteiger partial charge < -0.3 is 4.74 Å². The summed E-state index contributed by atoms with van der Waals surface area (Å²) >= 11 is 8.78. The zero-order chi connectivity index (χ0) is 13.1. The lowest BCUT2D eigenvalue weighted by Gasteiger charge is -2.08. The highest BCUT2D eigenvalue weighted by molar-refractivity contribution is 9.10. The van der Waals surface area contributed by atoms with E-state index in [1.807, 2.05) is 0 Å². The van der Waals surface area contributed by atoms with Crippen molar-refractivity contribution in [2.24, 2.45) is 0 Å². The molecule has 0 aliphatic rings. The monoisotopic (exact) mass is 332 g/mol. The van der Waals surface area contributed by atoms with E-state index in [2.05, 4.69) is 15.9 Å². The predicted molar refractivity (Wildman–Crippen MR) is 69.8 cm³/mol. The zero-order valence-electron chi connectivity index (χ0n) is 9.09. The molecule has 2 rings (SSSR count). The lowest BCUT2D eigenvalue weighted by atomic mass is 10.2. The summed E-state index contributed by atoms with van der Waals surface area (Å²) in [5.74, 6) is -0.486. The van der Waals surface area contributed by atoms with E-state index >= 15 is 0 Å². The average molecular weight is 334 g/mol. The van der Waals surface area contributed by atoms with E-state index in [-0.39, 0.29) is 17.4 Å². The third-order valence-corrected chi connectivity index (χ3v) is 3.08. The fourth-order valence-electron chi connectivity index (χ4n) is 1.37. The van der Waals surface area contributed by atoms with Gasteiger partial charge >= 0.3 is 0 Å². The van der Waals surface area contributed by atoms with Crippen LogP contribution in [0.5, 0.6) is 5.75 Å². The minimum Gasteiger partial charge on any atom is -0.489 e. The van der Waals surface area contributed by atoms with Gasteiger partial charge in [-0.1, -0.05) is 33.6 Å². The summed E-state index contributed by atoms with van der Waals surface area (Å²) in [6, 6.07) is 8.70. The Kier molecular flexibility index (Phi) is 4.19. The van der Waals surface area contributed by atoms with Crippen molar-refractivity contribution in [1.82, 2.24) is 0 Å². The predicted octanol–water partition coefficient (Wildman–Crippen LogP) is 4.96. The molecule has 0 amide bonds. The number of rotatable bonds is 3. The van der Waals surface area contributed by atoms with Crippen LogP contribution < -0.4 is 4.74 Å². The van der Waals surface area contributed by atoms with Crippen LogP contribution in [0.1, 0.15) is 5.56 Å². The summed E-state index contributed by atoms with van der Waals surface area (Å²) < 4.78 is 32.4. The number of benzene rings is 2. The van der Waals surface area contributed by atoms with Gasteiger partial charge in [-0.3, -0.25) is 0 Å². The Morgan fingerprint density at radius 1 is 1.06 bits per heavy atom. The van der Waals surface area contributed by atoms with Gasteiger partial charge in [-0.2, -0.15) is 0 Å². The summed E-state index contributed by atoms with van der Waals surface area (Å²) in [4.78, 5) is 0. The minimum absolute atomic E-state index is 0.0243. The number of hydrogen-bond acceptors (Lipinski definition) is 1. The normalized spacial score (nSPS) is 10.4. The maximum absolute atomic E-state index is 13.5. The maximum Gasteiger partial charge on any atom is 0.142 e. The summed E-state index contributed by atoms with van der Waals surface area (Å²) in [5, 5.41) is -0.0243. The van der Waals surface area contributed by atoms with Crippen molar-refractivity contribution in [2.75, 3.05) is 0 Å². The second-order valence-electron chi connectivity index (χ2n) is 3.60. The van der Waals surface area contributed by atoms with Crippen molar-refractivity contribution >= 4 is 27.5 Å².